The van der Waals surface area contributed by atoms with Crippen LogP contribution in [0.25, 0.3) is 0 Å². The molecule has 0 saturated carbocycles. The van der Waals surface area contributed by atoms with Crippen LogP contribution in [-0.2, 0) is 0 Å². The van der Waals surface area contributed by atoms with E-state index >= 15 is 0 Å². The molecule has 1 N–H and O–H groups in total. The second-order valence-corrected chi connectivity index (χ2v) is 5.08. The van der Waals surface area contributed by atoms with E-state index in [9.17, 15) is 9.59 Å². The SMILES string of the molecule is O=C(O)c1ccc(OC(=O)c2ccc(Br)o2)c(Br)c1. The molecule has 0 atom stereocenters. The highest BCUT2D eigenvalue weighted by molar-refractivity contribution is 9.10. The molecule has 0 bridgehead atoms. The van der Waals surface area contributed by atoms with Gasteiger partial charge in [0.1, 0.15) is 5.75 Å². The van der Waals surface area contributed by atoms with Crippen LogP contribution in [0, 0.1) is 0 Å². The second kappa shape index (κ2) is 5.58. The van der Waals surface area contributed by atoms with Crippen molar-refractivity contribution in [1.29, 1.82) is 0 Å². The van der Waals surface area contributed by atoms with E-state index in [1.807, 2.05) is 0 Å². The fourth-order valence-electron chi connectivity index (χ4n) is 1.29. The van der Waals surface area contributed by atoms with Crippen molar-refractivity contribution < 1.29 is 23.8 Å². The van der Waals surface area contributed by atoms with Crippen molar-refractivity contribution in [3.63, 3.8) is 0 Å². The third kappa shape index (κ3) is 3.24. The van der Waals surface area contributed by atoms with Crippen LogP contribution < -0.4 is 4.74 Å². The molecular formula is C12H6Br2O5. The summed E-state index contributed by atoms with van der Waals surface area (Å²) in [5, 5.41) is 8.81. The van der Waals surface area contributed by atoms with Crippen LogP contribution in [0.1, 0.15) is 20.9 Å². The number of carboxylic acid groups (broad SMARTS) is 1. The predicted octanol–water partition coefficient (Wildman–Crippen LogP) is 3.72. The number of rotatable bonds is 3. The van der Waals surface area contributed by atoms with Crippen molar-refractivity contribution in [2.75, 3.05) is 0 Å². The van der Waals surface area contributed by atoms with Gasteiger partial charge in [0.05, 0.1) is 10.0 Å². The molecule has 0 spiro atoms. The second-order valence-electron chi connectivity index (χ2n) is 3.44. The Balaban J connectivity index is 2.20. The summed E-state index contributed by atoms with van der Waals surface area (Å²) in [6.07, 6.45) is 0. The monoisotopic (exact) mass is 388 g/mol. The molecule has 0 aliphatic carbocycles. The average Bonchev–Trinajstić information content (AvgIpc) is 2.78. The number of hydrogen-bond acceptors (Lipinski definition) is 4. The molecule has 1 aromatic carbocycles. The lowest BCUT2D eigenvalue weighted by atomic mass is 10.2. The molecule has 2 rings (SSSR count). The van der Waals surface area contributed by atoms with Crippen molar-refractivity contribution in [1.82, 2.24) is 0 Å². The third-order valence-corrected chi connectivity index (χ3v) is 3.20. The number of halogens is 2. The van der Waals surface area contributed by atoms with Crippen LogP contribution in [0.15, 0.2) is 43.9 Å². The van der Waals surface area contributed by atoms with Crippen LogP contribution >= 0.6 is 31.9 Å². The quantitative estimate of drug-likeness (QED) is 0.639. The summed E-state index contributed by atoms with van der Waals surface area (Å²) in [7, 11) is 0. The van der Waals surface area contributed by atoms with Gasteiger partial charge >= 0.3 is 11.9 Å². The van der Waals surface area contributed by atoms with E-state index in [1.165, 1.54) is 24.3 Å². The molecule has 5 nitrogen and oxygen atoms in total. The Morgan fingerprint density at radius 2 is 1.89 bits per heavy atom. The molecule has 0 aliphatic rings. The van der Waals surface area contributed by atoms with Crippen LogP contribution in [0.3, 0.4) is 0 Å². The molecule has 2 aromatic rings. The first kappa shape index (κ1) is 13.8. The Bertz CT molecular complexity index is 647. The van der Waals surface area contributed by atoms with Crippen molar-refractivity contribution in [2.45, 2.75) is 0 Å². The molecule has 0 fully saturated rings. The molecule has 0 amide bonds. The van der Waals surface area contributed by atoms with E-state index in [0.717, 1.165) is 0 Å². The zero-order chi connectivity index (χ0) is 14.0. The molecular weight excluding hydrogens is 384 g/mol. The van der Waals surface area contributed by atoms with Gasteiger partial charge in [0.15, 0.2) is 4.67 Å². The molecule has 0 saturated heterocycles. The minimum Gasteiger partial charge on any atom is -0.478 e. The van der Waals surface area contributed by atoms with Gasteiger partial charge in [-0.1, -0.05) is 0 Å². The van der Waals surface area contributed by atoms with Gasteiger partial charge in [-0.05, 0) is 62.2 Å². The summed E-state index contributed by atoms with van der Waals surface area (Å²) in [5.41, 5.74) is 0.0902. The van der Waals surface area contributed by atoms with E-state index in [2.05, 4.69) is 31.9 Å². The summed E-state index contributed by atoms with van der Waals surface area (Å²) in [6, 6.07) is 7.12. The van der Waals surface area contributed by atoms with E-state index < -0.39 is 11.9 Å². The maximum Gasteiger partial charge on any atom is 0.379 e. The first-order valence-electron chi connectivity index (χ1n) is 4.98. The Morgan fingerprint density at radius 3 is 2.42 bits per heavy atom. The van der Waals surface area contributed by atoms with Crippen molar-refractivity contribution >= 4 is 43.8 Å². The lowest BCUT2D eigenvalue weighted by Crippen LogP contribution is -2.08. The predicted molar refractivity (Wildman–Crippen MR) is 72.5 cm³/mol. The van der Waals surface area contributed by atoms with Crippen LogP contribution in [0.5, 0.6) is 5.75 Å². The first-order chi connectivity index (χ1) is 8.97. The van der Waals surface area contributed by atoms with Crippen molar-refractivity contribution in [2.24, 2.45) is 0 Å². The number of carboxylic acids is 1. The Morgan fingerprint density at radius 1 is 1.16 bits per heavy atom. The van der Waals surface area contributed by atoms with E-state index in [-0.39, 0.29) is 17.1 Å². The Hall–Kier alpha value is -1.60. The normalized spacial score (nSPS) is 10.2. The molecule has 1 heterocycles. The minimum atomic E-state index is -1.06. The molecule has 98 valence electrons. The highest BCUT2D eigenvalue weighted by Gasteiger charge is 2.15. The summed E-state index contributed by atoms with van der Waals surface area (Å²) in [5.74, 6) is -1.48. The minimum absolute atomic E-state index is 0.0427. The van der Waals surface area contributed by atoms with Gasteiger partial charge in [0.25, 0.3) is 0 Å². The molecule has 7 heteroatoms. The lowest BCUT2D eigenvalue weighted by molar-refractivity contribution is 0.0693. The van der Waals surface area contributed by atoms with Gasteiger partial charge in [0, 0.05) is 0 Å². The maximum atomic E-state index is 11.7. The fraction of sp³-hybridized carbons (Fsp3) is 0. The zero-order valence-electron chi connectivity index (χ0n) is 9.22. The summed E-state index contributed by atoms with van der Waals surface area (Å²) in [6.45, 7) is 0. The van der Waals surface area contributed by atoms with E-state index in [0.29, 0.717) is 9.14 Å². The zero-order valence-corrected chi connectivity index (χ0v) is 12.4. The molecule has 1 aromatic heterocycles. The number of carbonyl (C=O) groups excluding carboxylic acids is 1. The highest BCUT2D eigenvalue weighted by atomic mass is 79.9. The average molecular weight is 390 g/mol. The van der Waals surface area contributed by atoms with Crippen molar-refractivity contribution in [3.05, 3.63) is 50.8 Å². The van der Waals surface area contributed by atoms with Gasteiger partial charge in [-0.2, -0.15) is 0 Å². The Kier molecular flexibility index (Phi) is 4.06. The van der Waals surface area contributed by atoms with Crippen LogP contribution in [-0.4, -0.2) is 17.0 Å². The van der Waals surface area contributed by atoms with Crippen LogP contribution in [0.4, 0.5) is 0 Å². The third-order valence-electron chi connectivity index (χ3n) is 2.16. The number of furan rings is 1. The summed E-state index contributed by atoms with van der Waals surface area (Å²) in [4.78, 5) is 22.5. The van der Waals surface area contributed by atoms with E-state index in [4.69, 9.17) is 14.3 Å². The van der Waals surface area contributed by atoms with E-state index in [1.54, 1.807) is 6.07 Å². The number of benzene rings is 1. The smallest absolute Gasteiger partial charge is 0.379 e. The summed E-state index contributed by atoms with van der Waals surface area (Å²) < 4.78 is 10.9. The number of carbonyl (C=O) groups is 2. The largest absolute Gasteiger partial charge is 0.478 e. The summed E-state index contributed by atoms with van der Waals surface area (Å²) >= 11 is 6.22. The van der Waals surface area contributed by atoms with Gasteiger partial charge < -0.3 is 14.3 Å². The molecule has 19 heavy (non-hydrogen) atoms. The topological polar surface area (TPSA) is 76.7 Å². The van der Waals surface area contributed by atoms with Crippen molar-refractivity contribution in [3.8, 4) is 5.75 Å². The number of hydrogen-bond donors (Lipinski definition) is 1. The molecule has 0 radical (unpaired) electrons. The fourth-order valence-corrected chi connectivity index (χ4v) is 2.06. The molecule has 0 aliphatic heterocycles. The standard InChI is InChI=1S/C12H6Br2O5/c13-7-5-6(11(15)16)1-2-8(7)19-12(17)9-3-4-10(14)18-9/h1-5H,(H,15,16). The number of esters is 1. The molecule has 0 unspecified atom stereocenters. The number of aromatic carboxylic acids is 1. The van der Waals surface area contributed by atoms with Gasteiger partial charge in [-0.25, -0.2) is 9.59 Å². The van der Waals surface area contributed by atoms with Gasteiger partial charge in [-0.15, -0.1) is 0 Å². The first-order valence-corrected chi connectivity index (χ1v) is 6.56. The van der Waals surface area contributed by atoms with Crippen LogP contribution in [0.2, 0.25) is 0 Å². The van der Waals surface area contributed by atoms with Gasteiger partial charge in [-0.3, -0.25) is 0 Å². The number of ether oxygens (including phenoxy) is 1. The highest BCUT2D eigenvalue weighted by Crippen LogP contribution is 2.27. The lowest BCUT2D eigenvalue weighted by Gasteiger charge is -2.05. The van der Waals surface area contributed by atoms with Gasteiger partial charge in [0.2, 0.25) is 5.76 Å². The Labute approximate surface area is 124 Å². The maximum absolute atomic E-state index is 11.7.